The van der Waals surface area contributed by atoms with Gasteiger partial charge >= 0.3 is 0 Å². The number of hydrogen-bond donors (Lipinski definition) is 1. The first-order chi connectivity index (χ1) is 7.27. The Balaban J connectivity index is 2.28. The number of halogens is 1. The molecule has 0 atom stereocenters. The van der Waals surface area contributed by atoms with E-state index in [1.807, 2.05) is 47.9 Å². The Hall–Kier alpha value is -1.06. The molecule has 2 rings (SSSR count). The lowest BCUT2D eigenvalue weighted by Gasteiger charge is -2.00. The molecule has 15 heavy (non-hydrogen) atoms. The van der Waals surface area contributed by atoms with Gasteiger partial charge in [0.05, 0.1) is 4.47 Å². The quantitative estimate of drug-likeness (QED) is 0.865. The number of rotatable bonds is 2. The van der Waals surface area contributed by atoms with Crippen LogP contribution in [0.2, 0.25) is 0 Å². The molecule has 0 fully saturated rings. The van der Waals surface area contributed by atoms with Crippen LogP contribution >= 0.6 is 27.3 Å². The monoisotopic (exact) mass is 280 g/mol. The summed E-state index contributed by atoms with van der Waals surface area (Å²) < 4.78 is 0.718. The van der Waals surface area contributed by atoms with Gasteiger partial charge in [0.2, 0.25) is 0 Å². The van der Waals surface area contributed by atoms with Gasteiger partial charge in [0, 0.05) is 10.4 Å². The minimum Gasteiger partial charge on any atom is -0.506 e. The normalized spacial score (nSPS) is 11.0. The van der Waals surface area contributed by atoms with E-state index in [-0.39, 0.29) is 5.75 Å². The highest BCUT2D eigenvalue weighted by Gasteiger charge is 2.00. The maximum atomic E-state index is 9.73. The third-order valence-electron chi connectivity index (χ3n) is 1.99. The van der Waals surface area contributed by atoms with Crippen molar-refractivity contribution in [2.75, 3.05) is 0 Å². The van der Waals surface area contributed by atoms with Gasteiger partial charge in [-0.1, -0.05) is 18.2 Å². The van der Waals surface area contributed by atoms with Gasteiger partial charge in [0.25, 0.3) is 0 Å². The molecule has 2 aromatic rings. The van der Waals surface area contributed by atoms with Crippen molar-refractivity contribution in [3.05, 3.63) is 50.6 Å². The summed E-state index contributed by atoms with van der Waals surface area (Å²) in [5, 5.41) is 11.8. The second-order valence-corrected chi connectivity index (χ2v) is 4.86. The molecular formula is C12H9BrOS. The second-order valence-electron chi connectivity index (χ2n) is 3.03. The average Bonchev–Trinajstić information content (AvgIpc) is 2.73. The predicted molar refractivity (Wildman–Crippen MR) is 69.1 cm³/mol. The van der Waals surface area contributed by atoms with E-state index in [1.165, 1.54) is 4.88 Å². The zero-order valence-corrected chi connectivity index (χ0v) is 10.3. The summed E-state index contributed by atoms with van der Waals surface area (Å²) in [6.07, 6.45) is 3.90. The summed E-state index contributed by atoms with van der Waals surface area (Å²) >= 11 is 4.96. The molecule has 0 saturated heterocycles. The molecule has 0 aliphatic heterocycles. The molecule has 0 spiro atoms. The molecule has 0 amide bonds. The van der Waals surface area contributed by atoms with Crippen LogP contribution in [0.1, 0.15) is 10.4 Å². The fourth-order valence-corrected chi connectivity index (χ4v) is 2.22. The van der Waals surface area contributed by atoms with Gasteiger partial charge in [0.15, 0.2) is 0 Å². The molecule has 1 aromatic heterocycles. The van der Waals surface area contributed by atoms with Crippen molar-refractivity contribution < 1.29 is 5.11 Å². The van der Waals surface area contributed by atoms with Crippen molar-refractivity contribution in [1.29, 1.82) is 0 Å². The van der Waals surface area contributed by atoms with Crippen LogP contribution < -0.4 is 0 Å². The van der Waals surface area contributed by atoms with Crippen molar-refractivity contribution in [2.24, 2.45) is 0 Å². The number of para-hydroxylation sites is 1. The van der Waals surface area contributed by atoms with Gasteiger partial charge in [-0.15, -0.1) is 11.3 Å². The Morgan fingerprint density at radius 3 is 2.73 bits per heavy atom. The van der Waals surface area contributed by atoms with Gasteiger partial charge in [-0.2, -0.15) is 0 Å². The highest BCUT2D eigenvalue weighted by atomic mass is 79.9. The predicted octanol–water partition coefficient (Wildman–Crippen LogP) is 4.39. The van der Waals surface area contributed by atoms with E-state index in [2.05, 4.69) is 15.9 Å². The van der Waals surface area contributed by atoms with E-state index in [0.29, 0.717) is 0 Å². The largest absolute Gasteiger partial charge is 0.506 e. The van der Waals surface area contributed by atoms with Gasteiger partial charge < -0.3 is 5.11 Å². The van der Waals surface area contributed by atoms with Crippen molar-refractivity contribution >= 4 is 39.4 Å². The van der Waals surface area contributed by atoms with E-state index < -0.39 is 0 Å². The van der Waals surface area contributed by atoms with Gasteiger partial charge in [0.1, 0.15) is 5.75 Å². The second kappa shape index (κ2) is 4.64. The fourth-order valence-electron chi connectivity index (χ4n) is 1.22. The summed E-state index contributed by atoms with van der Waals surface area (Å²) in [4.78, 5) is 1.18. The third kappa shape index (κ3) is 2.49. The van der Waals surface area contributed by atoms with Crippen LogP contribution in [0.4, 0.5) is 0 Å². The van der Waals surface area contributed by atoms with Gasteiger partial charge in [-0.25, -0.2) is 0 Å². The summed E-state index contributed by atoms with van der Waals surface area (Å²) in [7, 11) is 0. The smallest absolute Gasteiger partial charge is 0.136 e. The minimum atomic E-state index is 0.283. The standard InChI is InChI=1S/C12H9BrOS/c13-11-5-1-3-9(12(11)14)6-7-10-4-2-8-15-10/h1-8,14H. The van der Waals surface area contributed by atoms with Crippen LogP contribution in [-0.2, 0) is 0 Å². The van der Waals surface area contributed by atoms with Crippen molar-refractivity contribution in [3.63, 3.8) is 0 Å². The van der Waals surface area contributed by atoms with Crippen molar-refractivity contribution in [2.45, 2.75) is 0 Å². The maximum absolute atomic E-state index is 9.73. The minimum absolute atomic E-state index is 0.283. The van der Waals surface area contributed by atoms with Crippen LogP contribution in [0.3, 0.4) is 0 Å². The van der Waals surface area contributed by atoms with Crippen molar-refractivity contribution in [1.82, 2.24) is 0 Å². The molecule has 1 aromatic carbocycles. The first-order valence-corrected chi connectivity index (χ1v) is 6.14. The lowest BCUT2D eigenvalue weighted by atomic mass is 10.2. The number of hydrogen-bond acceptors (Lipinski definition) is 2. The molecule has 76 valence electrons. The number of phenolic OH excluding ortho intramolecular Hbond substituents is 1. The molecule has 0 radical (unpaired) electrons. The van der Waals surface area contributed by atoms with Crippen LogP contribution in [0.15, 0.2) is 40.2 Å². The zero-order valence-electron chi connectivity index (χ0n) is 7.85. The lowest BCUT2D eigenvalue weighted by molar-refractivity contribution is 0.470. The molecular weight excluding hydrogens is 272 g/mol. The highest BCUT2D eigenvalue weighted by Crippen LogP contribution is 2.28. The number of aromatic hydroxyl groups is 1. The Morgan fingerprint density at radius 1 is 1.13 bits per heavy atom. The molecule has 3 heteroatoms. The molecule has 0 unspecified atom stereocenters. The van der Waals surface area contributed by atoms with Gasteiger partial charge in [-0.05, 0) is 45.6 Å². The van der Waals surface area contributed by atoms with Crippen LogP contribution in [0, 0.1) is 0 Å². The Labute approximate surface area is 101 Å². The molecule has 1 heterocycles. The molecule has 1 N–H and O–H groups in total. The third-order valence-corrected chi connectivity index (χ3v) is 3.47. The number of phenols is 1. The van der Waals surface area contributed by atoms with Crippen LogP contribution in [0.5, 0.6) is 5.75 Å². The maximum Gasteiger partial charge on any atom is 0.136 e. The van der Waals surface area contributed by atoms with E-state index in [0.717, 1.165) is 10.0 Å². The first kappa shape index (κ1) is 10.5. The molecule has 0 saturated carbocycles. The molecule has 0 bridgehead atoms. The SMILES string of the molecule is Oc1c(Br)cccc1C=Cc1cccs1. The van der Waals surface area contributed by atoms with Crippen LogP contribution in [-0.4, -0.2) is 5.11 Å². The summed E-state index contributed by atoms with van der Waals surface area (Å²) in [5.41, 5.74) is 0.817. The number of benzene rings is 1. The average molecular weight is 281 g/mol. The van der Waals surface area contributed by atoms with E-state index in [4.69, 9.17) is 0 Å². The summed E-state index contributed by atoms with van der Waals surface area (Å²) in [6.45, 7) is 0. The zero-order chi connectivity index (χ0) is 10.7. The summed E-state index contributed by atoms with van der Waals surface area (Å²) in [5.74, 6) is 0.283. The lowest BCUT2D eigenvalue weighted by Crippen LogP contribution is -1.75. The Morgan fingerprint density at radius 2 is 2.00 bits per heavy atom. The van der Waals surface area contributed by atoms with Gasteiger partial charge in [-0.3, -0.25) is 0 Å². The topological polar surface area (TPSA) is 20.2 Å². The number of thiophene rings is 1. The van der Waals surface area contributed by atoms with E-state index >= 15 is 0 Å². The van der Waals surface area contributed by atoms with E-state index in [9.17, 15) is 5.11 Å². The fraction of sp³-hybridized carbons (Fsp3) is 0. The van der Waals surface area contributed by atoms with Crippen molar-refractivity contribution in [3.8, 4) is 5.75 Å². The molecule has 1 nitrogen and oxygen atoms in total. The first-order valence-electron chi connectivity index (χ1n) is 4.46. The molecule has 0 aliphatic carbocycles. The Kier molecular flexibility index (Phi) is 3.23. The Bertz CT molecular complexity index is 474. The van der Waals surface area contributed by atoms with Crippen LogP contribution in [0.25, 0.3) is 12.2 Å². The summed E-state index contributed by atoms with van der Waals surface area (Å²) in [6, 6.07) is 9.64. The van der Waals surface area contributed by atoms with E-state index in [1.54, 1.807) is 11.3 Å². The molecule has 0 aliphatic rings. The highest BCUT2D eigenvalue weighted by molar-refractivity contribution is 9.10.